The predicted molar refractivity (Wildman–Crippen MR) is 71.3 cm³/mol. The molecular formula is C14H19FN2O2. The van der Waals surface area contributed by atoms with E-state index in [-0.39, 0.29) is 30.4 Å². The van der Waals surface area contributed by atoms with Crippen LogP contribution in [-0.2, 0) is 4.79 Å². The summed E-state index contributed by atoms with van der Waals surface area (Å²) in [6.07, 6.45) is 3.44. The van der Waals surface area contributed by atoms with Crippen molar-refractivity contribution in [2.45, 2.75) is 37.8 Å². The number of halogens is 1. The maximum atomic E-state index is 12.7. The van der Waals surface area contributed by atoms with E-state index in [0.29, 0.717) is 5.69 Å². The molecular weight excluding hydrogens is 247 g/mol. The van der Waals surface area contributed by atoms with E-state index in [1.807, 2.05) is 0 Å². The van der Waals surface area contributed by atoms with Crippen LogP contribution in [0.3, 0.4) is 0 Å². The summed E-state index contributed by atoms with van der Waals surface area (Å²) < 4.78 is 12.7. The zero-order chi connectivity index (χ0) is 13.7. The van der Waals surface area contributed by atoms with Crippen LogP contribution in [0.2, 0.25) is 0 Å². The van der Waals surface area contributed by atoms with Gasteiger partial charge in [0.05, 0.1) is 12.6 Å². The minimum atomic E-state index is -0.368. The van der Waals surface area contributed by atoms with Gasteiger partial charge in [-0.25, -0.2) is 4.39 Å². The molecule has 2 atom stereocenters. The molecule has 1 aliphatic rings. The summed E-state index contributed by atoms with van der Waals surface area (Å²) in [6, 6.07) is 5.63. The predicted octanol–water partition coefficient (Wildman–Crippen LogP) is 1.66. The van der Waals surface area contributed by atoms with Crippen molar-refractivity contribution >= 4 is 11.6 Å². The molecule has 5 heteroatoms. The fraction of sp³-hybridized carbons (Fsp3) is 0.500. The summed E-state index contributed by atoms with van der Waals surface area (Å²) in [5.74, 6) is -0.522. The highest BCUT2D eigenvalue weighted by Gasteiger charge is 2.22. The molecule has 1 aliphatic carbocycles. The highest BCUT2D eigenvalue weighted by atomic mass is 19.1. The number of nitrogens with one attached hydrogen (secondary N) is 2. The largest absolute Gasteiger partial charge is 0.392 e. The first-order chi connectivity index (χ1) is 9.15. The molecule has 1 aromatic carbocycles. The van der Waals surface area contributed by atoms with Gasteiger partial charge in [0.15, 0.2) is 0 Å². The number of benzene rings is 1. The number of carbonyl (C=O) groups is 1. The number of hydrogen-bond acceptors (Lipinski definition) is 3. The smallest absolute Gasteiger partial charge is 0.238 e. The lowest BCUT2D eigenvalue weighted by Gasteiger charge is -2.28. The Morgan fingerprint density at radius 1 is 1.26 bits per heavy atom. The van der Waals surface area contributed by atoms with Gasteiger partial charge in [-0.2, -0.15) is 0 Å². The van der Waals surface area contributed by atoms with Crippen LogP contribution in [0.25, 0.3) is 0 Å². The fourth-order valence-corrected chi connectivity index (χ4v) is 2.31. The van der Waals surface area contributed by atoms with Gasteiger partial charge in [0.2, 0.25) is 5.91 Å². The molecule has 3 N–H and O–H groups in total. The molecule has 1 fully saturated rings. The molecule has 19 heavy (non-hydrogen) atoms. The highest BCUT2D eigenvalue weighted by molar-refractivity contribution is 5.92. The summed E-state index contributed by atoms with van der Waals surface area (Å²) in [7, 11) is 0. The minimum absolute atomic E-state index is 0.00674. The van der Waals surface area contributed by atoms with Gasteiger partial charge in [0.25, 0.3) is 0 Å². The Morgan fingerprint density at radius 3 is 2.63 bits per heavy atom. The Morgan fingerprint density at radius 2 is 1.95 bits per heavy atom. The van der Waals surface area contributed by atoms with Crippen LogP contribution < -0.4 is 10.6 Å². The van der Waals surface area contributed by atoms with Crippen molar-refractivity contribution < 1.29 is 14.3 Å². The Bertz CT molecular complexity index is 422. The van der Waals surface area contributed by atoms with Crippen molar-refractivity contribution in [3.05, 3.63) is 30.1 Å². The summed E-state index contributed by atoms with van der Waals surface area (Å²) >= 11 is 0. The second kappa shape index (κ2) is 6.63. The van der Waals surface area contributed by atoms with E-state index in [9.17, 15) is 14.3 Å². The number of rotatable bonds is 4. The van der Waals surface area contributed by atoms with Crippen LogP contribution in [-0.4, -0.2) is 29.7 Å². The van der Waals surface area contributed by atoms with Crippen molar-refractivity contribution in [2.24, 2.45) is 0 Å². The average molecular weight is 266 g/mol. The molecule has 0 spiro atoms. The summed E-state index contributed by atoms with van der Waals surface area (Å²) in [5.41, 5.74) is 0.567. The third-order valence-electron chi connectivity index (χ3n) is 3.38. The number of amides is 1. The maximum absolute atomic E-state index is 12.7. The van der Waals surface area contributed by atoms with Crippen LogP contribution in [0.15, 0.2) is 24.3 Å². The minimum Gasteiger partial charge on any atom is -0.392 e. The van der Waals surface area contributed by atoms with E-state index in [1.54, 1.807) is 0 Å². The fourth-order valence-electron chi connectivity index (χ4n) is 2.31. The molecule has 0 radical (unpaired) electrons. The van der Waals surface area contributed by atoms with Crippen molar-refractivity contribution in [1.82, 2.24) is 5.32 Å². The van der Waals surface area contributed by atoms with Gasteiger partial charge in [0, 0.05) is 11.7 Å². The molecule has 1 amide bonds. The van der Waals surface area contributed by atoms with Crippen molar-refractivity contribution in [2.75, 3.05) is 11.9 Å². The Labute approximate surface area is 112 Å². The van der Waals surface area contributed by atoms with Crippen LogP contribution in [0.5, 0.6) is 0 Å². The van der Waals surface area contributed by atoms with E-state index in [2.05, 4.69) is 10.6 Å². The molecule has 104 valence electrons. The first-order valence-electron chi connectivity index (χ1n) is 6.62. The van der Waals surface area contributed by atoms with Crippen molar-refractivity contribution in [3.8, 4) is 0 Å². The molecule has 0 aromatic heterocycles. The molecule has 1 aromatic rings. The second-order valence-electron chi connectivity index (χ2n) is 4.89. The van der Waals surface area contributed by atoms with E-state index in [0.717, 1.165) is 25.7 Å². The zero-order valence-corrected chi connectivity index (χ0v) is 10.7. The Kier molecular flexibility index (Phi) is 4.87. The van der Waals surface area contributed by atoms with Gasteiger partial charge in [-0.3, -0.25) is 4.79 Å². The molecule has 2 rings (SSSR count). The van der Waals surface area contributed by atoms with E-state index < -0.39 is 0 Å². The lowest BCUT2D eigenvalue weighted by molar-refractivity contribution is -0.115. The van der Waals surface area contributed by atoms with Gasteiger partial charge in [-0.15, -0.1) is 0 Å². The maximum Gasteiger partial charge on any atom is 0.238 e. The first-order valence-corrected chi connectivity index (χ1v) is 6.62. The summed E-state index contributed by atoms with van der Waals surface area (Å²) in [4.78, 5) is 11.7. The number of carbonyl (C=O) groups excluding carboxylic acids is 1. The molecule has 4 nitrogen and oxygen atoms in total. The van der Waals surface area contributed by atoms with Gasteiger partial charge in [-0.1, -0.05) is 12.8 Å². The molecule has 2 unspecified atom stereocenters. The molecule has 0 heterocycles. The molecule has 0 saturated heterocycles. The lowest BCUT2D eigenvalue weighted by atomic mass is 9.93. The van der Waals surface area contributed by atoms with Crippen LogP contribution in [0.1, 0.15) is 25.7 Å². The Balaban J connectivity index is 1.76. The van der Waals surface area contributed by atoms with Gasteiger partial charge in [-0.05, 0) is 37.1 Å². The van der Waals surface area contributed by atoms with Crippen LogP contribution in [0.4, 0.5) is 10.1 Å². The molecule has 0 bridgehead atoms. The highest BCUT2D eigenvalue weighted by Crippen LogP contribution is 2.18. The van der Waals surface area contributed by atoms with E-state index >= 15 is 0 Å². The standard InChI is InChI=1S/C14H19FN2O2/c15-10-5-7-11(8-6-10)17-14(19)9-16-12-3-1-2-4-13(12)18/h5-8,12-13,16,18H,1-4,9H2,(H,17,19). The molecule has 0 aliphatic heterocycles. The second-order valence-corrected chi connectivity index (χ2v) is 4.89. The van der Waals surface area contributed by atoms with Crippen molar-refractivity contribution in [3.63, 3.8) is 0 Å². The van der Waals surface area contributed by atoms with Gasteiger partial charge in [0.1, 0.15) is 5.82 Å². The third-order valence-corrected chi connectivity index (χ3v) is 3.38. The normalized spacial score (nSPS) is 23.1. The zero-order valence-electron chi connectivity index (χ0n) is 10.7. The number of aliphatic hydroxyl groups is 1. The van der Waals surface area contributed by atoms with Crippen LogP contribution >= 0.6 is 0 Å². The SMILES string of the molecule is O=C(CNC1CCCCC1O)Nc1ccc(F)cc1. The average Bonchev–Trinajstić information content (AvgIpc) is 2.40. The van der Waals surface area contributed by atoms with Gasteiger partial charge < -0.3 is 15.7 Å². The summed E-state index contributed by atoms with van der Waals surface area (Å²) in [6.45, 7) is 0.152. The van der Waals surface area contributed by atoms with Crippen molar-refractivity contribution in [1.29, 1.82) is 0 Å². The van der Waals surface area contributed by atoms with Gasteiger partial charge >= 0.3 is 0 Å². The van der Waals surface area contributed by atoms with E-state index in [1.165, 1.54) is 24.3 Å². The topological polar surface area (TPSA) is 61.4 Å². The molecule has 1 saturated carbocycles. The number of hydrogen-bond donors (Lipinski definition) is 3. The van der Waals surface area contributed by atoms with E-state index in [4.69, 9.17) is 0 Å². The number of aliphatic hydroxyl groups excluding tert-OH is 1. The lowest BCUT2D eigenvalue weighted by Crippen LogP contribution is -2.45. The Hall–Kier alpha value is -1.46. The first kappa shape index (κ1) is 14.0. The number of anilines is 1. The van der Waals surface area contributed by atoms with Crippen LogP contribution in [0, 0.1) is 5.82 Å². The monoisotopic (exact) mass is 266 g/mol. The summed E-state index contributed by atoms with van der Waals surface area (Å²) in [5, 5.41) is 15.5. The quantitative estimate of drug-likeness (QED) is 0.776. The third kappa shape index (κ3) is 4.29.